The molecule has 11 heteroatoms. The molecule has 1 aromatic carbocycles. The maximum atomic E-state index is 13.8. The van der Waals surface area contributed by atoms with Gasteiger partial charge in [-0.2, -0.15) is 4.31 Å². The van der Waals surface area contributed by atoms with Crippen LogP contribution in [-0.2, 0) is 19.6 Å². The number of benzene rings is 1. The van der Waals surface area contributed by atoms with E-state index < -0.39 is 22.0 Å². The highest BCUT2D eigenvalue weighted by Crippen LogP contribution is 2.32. The number of ether oxygens (including phenoxy) is 1. The van der Waals surface area contributed by atoms with Gasteiger partial charge in [0.1, 0.15) is 11.8 Å². The average molecular weight is 497 g/mol. The zero-order valence-corrected chi connectivity index (χ0v) is 20.8. The van der Waals surface area contributed by atoms with Crippen molar-refractivity contribution in [3.63, 3.8) is 0 Å². The summed E-state index contributed by atoms with van der Waals surface area (Å²) in [5.74, 6) is -0.647. The molecule has 1 aliphatic heterocycles. The predicted molar refractivity (Wildman–Crippen MR) is 126 cm³/mol. The van der Waals surface area contributed by atoms with Crippen LogP contribution in [0.4, 0.5) is 0 Å². The lowest BCUT2D eigenvalue weighted by molar-refractivity contribution is -0.137. The molecule has 10 nitrogen and oxygen atoms in total. The molecular formula is C23H36N4O6S. The molecular weight excluding hydrogens is 460 g/mol. The van der Waals surface area contributed by atoms with Crippen LogP contribution in [0.2, 0.25) is 0 Å². The number of hydrogen-bond acceptors (Lipinski definition) is 7. The Morgan fingerprint density at radius 1 is 1.12 bits per heavy atom. The first-order chi connectivity index (χ1) is 16.3. The minimum Gasteiger partial charge on any atom is -0.497 e. The van der Waals surface area contributed by atoms with Crippen molar-refractivity contribution in [3.8, 4) is 5.75 Å². The number of carbonyl (C=O) groups excluding carboxylic acids is 2. The quantitative estimate of drug-likeness (QED) is 0.391. The van der Waals surface area contributed by atoms with Crippen molar-refractivity contribution in [2.45, 2.75) is 49.5 Å². The van der Waals surface area contributed by atoms with Gasteiger partial charge in [0.05, 0.1) is 12.0 Å². The van der Waals surface area contributed by atoms with Crippen LogP contribution in [0.3, 0.4) is 0 Å². The van der Waals surface area contributed by atoms with Gasteiger partial charge in [-0.25, -0.2) is 13.9 Å². The third kappa shape index (κ3) is 6.26. The van der Waals surface area contributed by atoms with Gasteiger partial charge >= 0.3 is 0 Å². The largest absolute Gasteiger partial charge is 0.497 e. The molecule has 2 fully saturated rings. The molecule has 1 unspecified atom stereocenters. The summed E-state index contributed by atoms with van der Waals surface area (Å²) in [6.45, 7) is 2.55. The van der Waals surface area contributed by atoms with Crippen LogP contribution >= 0.6 is 0 Å². The summed E-state index contributed by atoms with van der Waals surface area (Å²) in [7, 11) is -0.654. The van der Waals surface area contributed by atoms with Crippen molar-refractivity contribution < 1.29 is 28.0 Å². The lowest BCUT2D eigenvalue weighted by atomic mass is 9.83. The maximum Gasteiger partial charge on any atom is 0.262 e. The van der Waals surface area contributed by atoms with E-state index in [9.17, 15) is 23.2 Å². The summed E-state index contributed by atoms with van der Waals surface area (Å²) in [6.07, 6.45) is 4.11. The number of hydroxylamine groups is 1. The fourth-order valence-corrected chi connectivity index (χ4v) is 6.46. The molecule has 2 aliphatic rings. The second kappa shape index (κ2) is 12.0. The van der Waals surface area contributed by atoms with Crippen LogP contribution in [0, 0.1) is 5.92 Å². The van der Waals surface area contributed by atoms with Crippen LogP contribution < -0.4 is 10.2 Å². The Kier molecular flexibility index (Phi) is 9.29. The summed E-state index contributed by atoms with van der Waals surface area (Å²) < 4.78 is 33.8. The number of nitrogens with one attached hydrogen (secondary N) is 1. The number of likely N-dealkylation sites (N-methyl/N-ethyl adjacent to an activating group) is 1. The van der Waals surface area contributed by atoms with E-state index in [2.05, 4.69) is 4.90 Å². The SMILES string of the molecule is COc1ccc(S(=O)(=O)N(CCC(=O)N2CCN(C)CC2)C(C(=O)NO)C2CCCCC2)cc1. The Bertz CT molecular complexity index is 925. The molecule has 1 heterocycles. The van der Waals surface area contributed by atoms with E-state index in [1.54, 1.807) is 22.5 Å². The van der Waals surface area contributed by atoms with Crippen molar-refractivity contribution >= 4 is 21.8 Å². The fourth-order valence-electron chi connectivity index (χ4n) is 4.81. The van der Waals surface area contributed by atoms with E-state index in [1.807, 2.05) is 7.05 Å². The molecule has 0 radical (unpaired) electrons. The lowest BCUT2D eigenvalue weighted by Crippen LogP contribution is -2.54. The summed E-state index contributed by atoms with van der Waals surface area (Å²) in [5, 5.41) is 9.48. The third-order valence-corrected chi connectivity index (χ3v) is 8.75. The van der Waals surface area contributed by atoms with Gasteiger partial charge < -0.3 is 14.5 Å². The minimum absolute atomic E-state index is 0.00638. The standard InChI is InChI=1S/C23H36N4O6S/c1-25-14-16-26(17-15-25)21(28)12-13-27(22(23(29)24-30)18-6-4-3-5-7-18)34(31,32)20-10-8-19(33-2)9-11-20/h8-11,18,22,30H,3-7,12-17H2,1-2H3,(H,24,29). The van der Waals surface area contributed by atoms with Crippen molar-refractivity contribution in [3.05, 3.63) is 24.3 Å². The molecule has 0 spiro atoms. The third-order valence-electron chi connectivity index (χ3n) is 6.85. The fraction of sp³-hybridized carbons (Fsp3) is 0.652. The number of methoxy groups -OCH3 is 1. The number of amides is 2. The normalized spacial score (nSPS) is 19.1. The van der Waals surface area contributed by atoms with Crippen LogP contribution in [0.5, 0.6) is 5.75 Å². The van der Waals surface area contributed by atoms with Gasteiger partial charge in [0, 0.05) is 39.1 Å². The zero-order valence-electron chi connectivity index (χ0n) is 20.0. The second-order valence-electron chi connectivity index (χ2n) is 9.04. The highest BCUT2D eigenvalue weighted by Gasteiger charge is 2.41. The lowest BCUT2D eigenvalue weighted by Gasteiger charge is -2.37. The number of carbonyl (C=O) groups is 2. The van der Waals surface area contributed by atoms with E-state index in [4.69, 9.17) is 4.74 Å². The van der Waals surface area contributed by atoms with E-state index in [-0.39, 0.29) is 29.7 Å². The van der Waals surface area contributed by atoms with E-state index in [0.717, 1.165) is 36.7 Å². The van der Waals surface area contributed by atoms with E-state index in [0.29, 0.717) is 31.7 Å². The highest BCUT2D eigenvalue weighted by molar-refractivity contribution is 7.89. The molecule has 34 heavy (non-hydrogen) atoms. The van der Waals surface area contributed by atoms with E-state index in [1.165, 1.54) is 19.2 Å². The molecule has 190 valence electrons. The van der Waals surface area contributed by atoms with Crippen molar-refractivity contribution in [1.82, 2.24) is 19.6 Å². The second-order valence-corrected chi connectivity index (χ2v) is 10.9. The molecule has 2 N–H and O–H groups in total. The summed E-state index contributed by atoms with van der Waals surface area (Å²) in [6, 6.07) is 4.85. The minimum atomic E-state index is -4.14. The Hall–Kier alpha value is -2.21. The van der Waals surface area contributed by atoms with Gasteiger partial charge in [0.2, 0.25) is 15.9 Å². The summed E-state index contributed by atoms with van der Waals surface area (Å²) in [4.78, 5) is 29.6. The van der Waals surface area contributed by atoms with Gasteiger partial charge in [0.15, 0.2) is 0 Å². The number of hydrogen-bond donors (Lipinski definition) is 2. The topological polar surface area (TPSA) is 119 Å². The molecule has 1 saturated carbocycles. The Labute approximate surface area is 201 Å². The smallest absolute Gasteiger partial charge is 0.262 e. The Morgan fingerprint density at radius 3 is 2.29 bits per heavy atom. The van der Waals surface area contributed by atoms with Crippen LogP contribution in [0.15, 0.2) is 29.2 Å². The Morgan fingerprint density at radius 2 is 1.74 bits per heavy atom. The van der Waals surface area contributed by atoms with Crippen LogP contribution in [0.1, 0.15) is 38.5 Å². The molecule has 1 aromatic rings. The van der Waals surface area contributed by atoms with Crippen molar-refractivity contribution in [1.29, 1.82) is 0 Å². The molecule has 1 atom stereocenters. The van der Waals surface area contributed by atoms with Crippen molar-refractivity contribution in [2.24, 2.45) is 5.92 Å². The number of piperazine rings is 1. The maximum absolute atomic E-state index is 13.8. The van der Waals surface area contributed by atoms with Crippen LogP contribution in [-0.4, -0.2) is 92.5 Å². The monoisotopic (exact) mass is 496 g/mol. The first kappa shape index (κ1) is 26.4. The first-order valence-corrected chi connectivity index (χ1v) is 13.3. The average Bonchev–Trinajstić information content (AvgIpc) is 2.86. The molecule has 1 saturated heterocycles. The zero-order chi connectivity index (χ0) is 24.7. The highest BCUT2D eigenvalue weighted by atomic mass is 32.2. The summed E-state index contributed by atoms with van der Waals surface area (Å²) >= 11 is 0. The molecule has 2 amide bonds. The first-order valence-electron chi connectivity index (χ1n) is 11.8. The number of nitrogens with zero attached hydrogens (tertiary/aromatic N) is 3. The van der Waals surface area contributed by atoms with Gasteiger partial charge in [-0.1, -0.05) is 19.3 Å². The van der Waals surface area contributed by atoms with Gasteiger partial charge in [-0.05, 0) is 50.1 Å². The van der Waals surface area contributed by atoms with Crippen molar-refractivity contribution in [2.75, 3.05) is 46.9 Å². The molecule has 3 rings (SSSR count). The summed E-state index contributed by atoms with van der Waals surface area (Å²) in [5.41, 5.74) is 1.67. The van der Waals surface area contributed by atoms with Crippen LogP contribution in [0.25, 0.3) is 0 Å². The van der Waals surface area contributed by atoms with Gasteiger partial charge in [-0.15, -0.1) is 0 Å². The molecule has 1 aliphatic carbocycles. The molecule has 0 bridgehead atoms. The molecule has 0 aromatic heterocycles. The number of sulfonamides is 1. The predicted octanol–water partition coefficient (Wildman–Crippen LogP) is 1.30. The number of rotatable bonds is 9. The van der Waals surface area contributed by atoms with E-state index >= 15 is 0 Å². The Balaban J connectivity index is 1.90. The van der Waals surface area contributed by atoms with Gasteiger partial charge in [0.25, 0.3) is 5.91 Å². The van der Waals surface area contributed by atoms with Gasteiger partial charge in [-0.3, -0.25) is 14.8 Å².